The molecule has 0 aliphatic rings. The second-order valence-electron chi connectivity index (χ2n) is 4.72. The lowest BCUT2D eigenvalue weighted by atomic mass is 10.1. The van der Waals surface area contributed by atoms with Crippen molar-refractivity contribution < 1.29 is 14.8 Å². The first-order valence-corrected chi connectivity index (χ1v) is 7.11. The van der Waals surface area contributed by atoms with Crippen LogP contribution in [-0.2, 0) is 4.79 Å². The molecule has 19 heavy (non-hydrogen) atoms. The molecule has 1 N–H and O–H groups in total. The standard InChI is InChI=1S/C14H25NO4/c16-14(17)12-10-8-6-4-2-1-3-5-7-9-11-13-15(18)19/h3,5H,1-2,4,6-13H2,(H,16,17)/b5-3-. The van der Waals surface area contributed by atoms with Crippen molar-refractivity contribution in [2.45, 2.75) is 64.2 Å². The molecule has 5 nitrogen and oxygen atoms in total. The summed E-state index contributed by atoms with van der Waals surface area (Å²) in [4.78, 5) is 20.1. The molecule has 0 fully saturated rings. The average Bonchev–Trinajstić information content (AvgIpc) is 2.34. The van der Waals surface area contributed by atoms with Crippen LogP contribution in [0.5, 0.6) is 0 Å². The van der Waals surface area contributed by atoms with Crippen LogP contribution in [-0.4, -0.2) is 22.5 Å². The van der Waals surface area contributed by atoms with E-state index in [9.17, 15) is 14.9 Å². The van der Waals surface area contributed by atoms with Gasteiger partial charge in [0.1, 0.15) is 0 Å². The van der Waals surface area contributed by atoms with E-state index in [1.165, 1.54) is 0 Å². The van der Waals surface area contributed by atoms with Crippen molar-refractivity contribution in [2.75, 3.05) is 6.54 Å². The Balaban J connectivity index is 3.12. The maximum atomic E-state index is 10.3. The molecule has 0 aliphatic carbocycles. The van der Waals surface area contributed by atoms with Crippen LogP contribution in [0.1, 0.15) is 64.2 Å². The highest BCUT2D eigenvalue weighted by Crippen LogP contribution is 2.08. The fourth-order valence-electron chi connectivity index (χ4n) is 1.81. The molecule has 0 rings (SSSR count). The van der Waals surface area contributed by atoms with Crippen molar-refractivity contribution in [3.8, 4) is 0 Å². The van der Waals surface area contributed by atoms with E-state index in [-0.39, 0.29) is 17.9 Å². The quantitative estimate of drug-likeness (QED) is 0.239. The summed E-state index contributed by atoms with van der Waals surface area (Å²) in [5, 5.41) is 18.5. The van der Waals surface area contributed by atoms with Crippen molar-refractivity contribution in [3.63, 3.8) is 0 Å². The average molecular weight is 271 g/mol. The number of aliphatic carboxylic acids is 1. The lowest BCUT2D eigenvalue weighted by Gasteiger charge is -1.98. The third-order valence-corrected chi connectivity index (χ3v) is 2.89. The van der Waals surface area contributed by atoms with Crippen LogP contribution in [0.15, 0.2) is 12.2 Å². The van der Waals surface area contributed by atoms with Gasteiger partial charge in [0.15, 0.2) is 0 Å². The number of unbranched alkanes of at least 4 members (excludes halogenated alkanes) is 7. The second-order valence-corrected chi connectivity index (χ2v) is 4.72. The van der Waals surface area contributed by atoms with Gasteiger partial charge in [0.05, 0.1) is 0 Å². The number of hydrogen-bond donors (Lipinski definition) is 1. The summed E-state index contributed by atoms with van der Waals surface area (Å²) < 4.78 is 0. The number of carboxylic acid groups (broad SMARTS) is 1. The van der Waals surface area contributed by atoms with Crippen molar-refractivity contribution in [1.29, 1.82) is 0 Å². The van der Waals surface area contributed by atoms with E-state index in [0.717, 1.165) is 51.4 Å². The summed E-state index contributed by atoms with van der Waals surface area (Å²) in [6.45, 7) is 0.0736. The van der Waals surface area contributed by atoms with Gasteiger partial charge in [-0.2, -0.15) is 0 Å². The minimum atomic E-state index is -0.708. The molecule has 0 aromatic heterocycles. The molecule has 0 atom stereocenters. The summed E-state index contributed by atoms with van der Waals surface area (Å²) in [6.07, 6.45) is 13.2. The number of hydrogen-bond acceptors (Lipinski definition) is 3. The Morgan fingerprint density at radius 2 is 1.47 bits per heavy atom. The number of carboxylic acids is 1. The molecule has 0 aromatic rings. The van der Waals surface area contributed by atoms with E-state index in [1.807, 2.05) is 0 Å². The van der Waals surface area contributed by atoms with Gasteiger partial charge >= 0.3 is 5.97 Å². The topological polar surface area (TPSA) is 80.4 Å². The van der Waals surface area contributed by atoms with Crippen molar-refractivity contribution in [1.82, 2.24) is 0 Å². The summed E-state index contributed by atoms with van der Waals surface area (Å²) in [7, 11) is 0. The van der Waals surface area contributed by atoms with E-state index in [1.54, 1.807) is 0 Å². The zero-order chi connectivity index (χ0) is 14.3. The normalized spacial score (nSPS) is 10.9. The number of allylic oxidation sites excluding steroid dienone is 2. The molecule has 0 unspecified atom stereocenters. The van der Waals surface area contributed by atoms with Crippen molar-refractivity contribution >= 4 is 5.97 Å². The molecule has 0 aliphatic heterocycles. The molecule has 5 heteroatoms. The molecule has 0 heterocycles. The molecule has 0 saturated carbocycles. The Morgan fingerprint density at radius 3 is 2.05 bits per heavy atom. The lowest BCUT2D eigenvalue weighted by Crippen LogP contribution is -1.99. The molecule has 0 bridgehead atoms. The first-order chi connectivity index (χ1) is 9.13. The highest BCUT2D eigenvalue weighted by molar-refractivity contribution is 5.66. The number of carbonyl (C=O) groups is 1. The van der Waals surface area contributed by atoms with Gasteiger partial charge in [0, 0.05) is 17.8 Å². The zero-order valence-electron chi connectivity index (χ0n) is 11.6. The Morgan fingerprint density at radius 1 is 0.947 bits per heavy atom. The van der Waals surface area contributed by atoms with Gasteiger partial charge < -0.3 is 5.11 Å². The van der Waals surface area contributed by atoms with Gasteiger partial charge in [0.25, 0.3) is 0 Å². The monoisotopic (exact) mass is 271 g/mol. The highest BCUT2D eigenvalue weighted by atomic mass is 16.6. The van der Waals surface area contributed by atoms with Crippen LogP contribution in [0.2, 0.25) is 0 Å². The highest BCUT2D eigenvalue weighted by Gasteiger charge is 1.96. The van der Waals surface area contributed by atoms with Crippen LogP contribution >= 0.6 is 0 Å². The zero-order valence-corrected chi connectivity index (χ0v) is 11.6. The molecule has 110 valence electrons. The minimum absolute atomic E-state index is 0.0736. The number of nitro groups is 1. The lowest BCUT2D eigenvalue weighted by molar-refractivity contribution is -0.480. The fraction of sp³-hybridized carbons (Fsp3) is 0.786. The van der Waals surface area contributed by atoms with Gasteiger partial charge in [-0.1, -0.05) is 31.4 Å². The SMILES string of the molecule is O=C(O)CCCCCCC/C=C\CCCC[N+](=O)[O-]. The smallest absolute Gasteiger partial charge is 0.303 e. The van der Waals surface area contributed by atoms with Gasteiger partial charge in [0.2, 0.25) is 6.54 Å². The Bertz CT molecular complexity index is 277. The third-order valence-electron chi connectivity index (χ3n) is 2.89. The Hall–Kier alpha value is -1.39. The van der Waals surface area contributed by atoms with Crippen LogP contribution in [0.25, 0.3) is 0 Å². The van der Waals surface area contributed by atoms with Crippen molar-refractivity contribution in [2.24, 2.45) is 0 Å². The predicted octanol–water partition coefficient (Wildman–Crippen LogP) is 3.80. The van der Waals surface area contributed by atoms with E-state index in [4.69, 9.17) is 5.11 Å². The molecule has 0 amide bonds. The number of rotatable bonds is 13. The van der Waals surface area contributed by atoms with Crippen LogP contribution < -0.4 is 0 Å². The maximum Gasteiger partial charge on any atom is 0.303 e. The molecular weight excluding hydrogens is 246 g/mol. The van der Waals surface area contributed by atoms with Gasteiger partial charge in [-0.15, -0.1) is 0 Å². The van der Waals surface area contributed by atoms with E-state index in [0.29, 0.717) is 6.42 Å². The summed E-state index contributed by atoms with van der Waals surface area (Å²) in [5.41, 5.74) is 0. The van der Waals surface area contributed by atoms with Gasteiger partial charge in [-0.05, 0) is 32.1 Å². The van der Waals surface area contributed by atoms with E-state index < -0.39 is 5.97 Å². The number of nitrogens with zero attached hydrogens (tertiary/aromatic N) is 1. The maximum absolute atomic E-state index is 10.3. The van der Waals surface area contributed by atoms with Gasteiger partial charge in [-0.3, -0.25) is 14.9 Å². The minimum Gasteiger partial charge on any atom is -0.481 e. The fourth-order valence-corrected chi connectivity index (χ4v) is 1.81. The summed E-state index contributed by atoms with van der Waals surface area (Å²) in [6, 6.07) is 0. The van der Waals surface area contributed by atoms with Gasteiger partial charge in [-0.25, -0.2) is 0 Å². The van der Waals surface area contributed by atoms with E-state index >= 15 is 0 Å². The Labute approximate surface area is 114 Å². The molecule has 0 radical (unpaired) electrons. The molecule has 0 saturated heterocycles. The van der Waals surface area contributed by atoms with Crippen LogP contribution in [0.3, 0.4) is 0 Å². The summed E-state index contributed by atoms with van der Waals surface area (Å²) in [5.74, 6) is -0.708. The van der Waals surface area contributed by atoms with E-state index in [2.05, 4.69) is 12.2 Å². The summed E-state index contributed by atoms with van der Waals surface area (Å²) >= 11 is 0. The first-order valence-electron chi connectivity index (χ1n) is 7.11. The Kier molecular flexibility index (Phi) is 12.1. The second kappa shape index (κ2) is 13.1. The first kappa shape index (κ1) is 17.6. The molecular formula is C14H25NO4. The molecule has 0 spiro atoms. The third kappa shape index (κ3) is 16.6. The largest absolute Gasteiger partial charge is 0.481 e. The van der Waals surface area contributed by atoms with Crippen LogP contribution in [0.4, 0.5) is 0 Å². The molecule has 0 aromatic carbocycles. The van der Waals surface area contributed by atoms with Crippen molar-refractivity contribution in [3.05, 3.63) is 22.3 Å². The van der Waals surface area contributed by atoms with Crippen LogP contribution in [0, 0.1) is 10.1 Å². The predicted molar refractivity (Wildman–Crippen MR) is 74.8 cm³/mol.